The van der Waals surface area contributed by atoms with Gasteiger partial charge in [0.05, 0.1) is 25.7 Å². The number of amides is 8. The number of para-hydroxylation sites is 1. The topological polar surface area (TPSA) is 394 Å². The van der Waals surface area contributed by atoms with Crippen molar-refractivity contribution >= 4 is 64.1 Å². The molecule has 6 atom stereocenters. The molecule has 0 unspecified atom stereocenters. The number of rotatable bonds is 23. The number of fused-ring (bicyclic) bond motifs is 1. The van der Waals surface area contributed by atoms with Gasteiger partial charge in [-0.1, -0.05) is 18.2 Å². The zero-order valence-electron chi connectivity index (χ0n) is 28.3. The first-order valence-corrected chi connectivity index (χ1v) is 16.1. The molecule has 0 spiro atoms. The van der Waals surface area contributed by atoms with Gasteiger partial charge in [-0.2, -0.15) is 0 Å². The maximum atomic E-state index is 13.7. The van der Waals surface area contributed by atoms with Gasteiger partial charge in [-0.25, -0.2) is 4.79 Å². The van der Waals surface area contributed by atoms with Crippen molar-refractivity contribution in [3.05, 3.63) is 36.0 Å². The van der Waals surface area contributed by atoms with E-state index in [4.69, 9.17) is 22.9 Å². The van der Waals surface area contributed by atoms with Crippen LogP contribution in [0, 0.1) is 0 Å². The summed E-state index contributed by atoms with van der Waals surface area (Å²) in [6, 6.07) is -2.75. The van der Waals surface area contributed by atoms with Gasteiger partial charge in [0, 0.05) is 36.4 Å². The number of aliphatic hydroxyl groups is 2. The van der Waals surface area contributed by atoms with Gasteiger partial charge in [-0.05, 0) is 24.5 Å². The monoisotopic (exact) mass is 748 g/mol. The molecule has 0 radical (unpaired) electrons. The lowest BCUT2D eigenvalue weighted by atomic mass is 10.0. The highest BCUT2D eigenvalue weighted by Crippen LogP contribution is 2.19. The number of primary amides is 3. The summed E-state index contributed by atoms with van der Waals surface area (Å²) in [6.45, 7) is -2.14. The molecule has 0 saturated heterocycles. The minimum Gasteiger partial charge on any atom is -0.480 e. The Bertz CT molecular complexity index is 1680. The van der Waals surface area contributed by atoms with E-state index in [1.165, 1.54) is 0 Å². The molecule has 1 aromatic carbocycles. The Labute approximate surface area is 301 Å². The maximum absolute atomic E-state index is 13.7. The smallest absolute Gasteiger partial charge is 0.326 e. The largest absolute Gasteiger partial charge is 0.480 e. The number of carbonyl (C=O) groups excluding carboxylic acids is 8. The Morgan fingerprint density at radius 3 is 1.62 bits per heavy atom. The van der Waals surface area contributed by atoms with Gasteiger partial charge in [0.25, 0.3) is 0 Å². The molecule has 22 heteroatoms. The van der Waals surface area contributed by atoms with Crippen LogP contribution in [0.1, 0.15) is 37.7 Å². The number of nitrogens with two attached hydrogens (primary N) is 4. The van der Waals surface area contributed by atoms with Crippen LogP contribution >= 0.6 is 0 Å². The molecule has 0 bridgehead atoms. The van der Waals surface area contributed by atoms with Crippen molar-refractivity contribution in [3.8, 4) is 0 Å². The Balaban J connectivity index is 2.33. The summed E-state index contributed by atoms with van der Waals surface area (Å²) >= 11 is 0. The molecule has 290 valence electrons. The zero-order valence-corrected chi connectivity index (χ0v) is 28.3. The number of hydrogen-bond acceptors (Lipinski definition) is 12. The zero-order chi connectivity index (χ0) is 39.8. The molecule has 0 aliphatic heterocycles. The summed E-state index contributed by atoms with van der Waals surface area (Å²) < 4.78 is 0. The van der Waals surface area contributed by atoms with Crippen molar-refractivity contribution in [1.29, 1.82) is 0 Å². The van der Waals surface area contributed by atoms with E-state index < -0.39 is 109 Å². The van der Waals surface area contributed by atoms with Crippen LogP contribution in [-0.2, 0) is 49.6 Å². The van der Waals surface area contributed by atoms with E-state index in [1.54, 1.807) is 30.5 Å². The number of aromatic amines is 1. The van der Waals surface area contributed by atoms with Crippen LogP contribution in [0.5, 0.6) is 0 Å². The predicted octanol–water partition coefficient (Wildman–Crippen LogP) is -6.06. The fraction of sp³-hybridized carbons (Fsp3) is 0.452. The van der Waals surface area contributed by atoms with Gasteiger partial charge in [0.2, 0.25) is 47.3 Å². The van der Waals surface area contributed by atoms with Crippen LogP contribution in [0.3, 0.4) is 0 Å². The SMILES string of the molecule is NC(=O)CC[C@H](NC(=O)[C@@H](N)CCC(N)=O)C(=O)N[C@@H](Cc1c[nH]c2ccccc12)C(=O)N[C@@H](CO)C(=O)N[C@@H](CO)C(=O)N[C@@H](CC(N)=O)C(=O)O. The van der Waals surface area contributed by atoms with Crippen LogP contribution in [0.2, 0.25) is 0 Å². The van der Waals surface area contributed by atoms with E-state index in [-0.39, 0.29) is 32.1 Å². The van der Waals surface area contributed by atoms with Crippen LogP contribution in [0.4, 0.5) is 0 Å². The van der Waals surface area contributed by atoms with Crippen molar-refractivity contribution in [2.45, 2.75) is 74.8 Å². The highest BCUT2D eigenvalue weighted by Gasteiger charge is 2.33. The predicted molar refractivity (Wildman–Crippen MR) is 182 cm³/mol. The fourth-order valence-corrected chi connectivity index (χ4v) is 4.87. The summed E-state index contributed by atoms with van der Waals surface area (Å²) in [5.74, 6) is -9.60. The van der Waals surface area contributed by atoms with Gasteiger partial charge < -0.3 is 69.8 Å². The van der Waals surface area contributed by atoms with E-state index >= 15 is 0 Å². The van der Waals surface area contributed by atoms with Gasteiger partial charge in [0.1, 0.15) is 30.2 Å². The average molecular weight is 749 g/mol. The second-order valence-electron chi connectivity index (χ2n) is 11.9. The Morgan fingerprint density at radius 2 is 1.09 bits per heavy atom. The average Bonchev–Trinajstić information content (AvgIpc) is 3.51. The number of aliphatic carboxylic acids is 1. The first-order chi connectivity index (χ1) is 25.0. The Kier molecular flexibility index (Phi) is 16.8. The molecule has 0 aliphatic carbocycles. The molecular formula is C31H44N10O12. The lowest BCUT2D eigenvalue weighted by Gasteiger charge is -2.26. The van der Waals surface area contributed by atoms with E-state index in [0.29, 0.717) is 16.5 Å². The third-order valence-electron chi connectivity index (χ3n) is 7.73. The number of benzene rings is 1. The minimum atomic E-state index is -1.81. The van der Waals surface area contributed by atoms with Gasteiger partial charge >= 0.3 is 5.97 Å². The Hall–Kier alpha value is -6.13. The first-order valence-electron chi connectivity index (χ1n) is 16.1. The van der Waals surface area contributed by atoms with Crippen LogP contribution < -0.4 is 49.5 Å². The molecule has 0 aliphatic rings. The van der Waals surface area contributed by atoms with E-state index in [0.717, 1.165) is 0 Å². The second-order valence-corrected chi connectivity index (χ2v) is 11.9. The van der Waals surface area contributed by atoms with Gasteiger partial charge in [0.15, 0.2) is 0 Å². The van der Waals surface area contributed by atoms with E-state index in [2.05, 4.69) is 26.3 Å². The molecule has 0 saturated carbocycles. The van der Waals surface area contributed by atoms with Crippen molar-refractivity contribution in [2.75, 3.05) is 13.2 Å². The summed E-state index contributed by atoms with van der Waals surface area (Å²) in [4.78, 5) is 114. The third kappa shape index (κ3) is 13.8. The summed E-state index contributed by atoms with van der Waals surface area (Å²) in [7, 11) is 0. The highest BCUT2D eigenvalue weighted by atomic mass is 16.4. The number of carboxylic acid groups (broad SMARTS) is 1. The quantitative estimate of drug-likeness (QED) is 0.0504. The highest BCUT2D eigenvalue weighted by molar-refractivity contribution is 5.97. The van der Waals surface area contributed by atoms with Crippen molar-refractivity contribution in [3.63, 3.8) is 0 Å². The normalized spacial score (nSPS) is 14.3. The molecule has 2 rings (SSSR count). The summed E-state index contributed by atoms with van der Waals surface area (Å²) in [5, 5.41) is 40.7. The molecule has 1 aromatic heterocycles. The van der Waals surface area contributed by atoms with Crippen molar-refractivity contribution in [1.82, 2.24) is 31.6 Å². The van der Waals surface area contributed by atoms with Crippen molar-refractivity contribution < 1.29 is 58.5 Å². The second kappa shape index (κ2) is 20.7. The molecule has 22 nitrogen and oxygen atoms in total. The molecule has 17 N–H and O–H groups in total. The molecule has 2 aromatic rings. The number of aromatic nitrogens is 1. The number of nitrogens with one attached hydrogen (secondary N) is 6. The standard InChI is InChI=1S/C31H44N10O12/c32-16(5-7-23(33)44)26(47)37-18(6-8-24(34)45)27(48)38-19(9-14-11-36-17-4-2-1-3-15(14)17)28(49)40-22(13-43)30(51)41-21(12-42)29(50)39-20(31(52)53)10-25(35)46/h1-4,11,16,18-22,36,42-43H,5-10,12-13,32H2,(H2,33,44)(H2,34,45)(H2,35,46)(H,37,47)(H,38,48)(H,39,50)(H,40,49)(H,41,51)(H,52,53)/t16-,18-,19-,20-,21-,22-/m0/s1. The lowest BCUT2D eigenvalue weighted by Crippen LogP contribution is -2.61. The molecule has 0 fully saturated rings. The van der Waals surface area contributed by atoms with Crippen LogP contribution in [-0.4, -0.2) is 123 Å². The molecule has 1 heterocycles. The Morgan fingerprint density at radius 1 is 0.623 bits per heavy atom. The number of carbonyl (C=O) groups is 9. The molecule has 53 heavy (non-hydrogen) atoms. The fourth-order valence-electron chi connectivity index (χ4n) is 4.87. The molecule has 8 amide bonds. The number of carboxylic acids is 1. The molecular weight excluding hydrogens is 704 g/mol. The summed E-state index contributed by atoms with van der Waals surface area (Å²) in [5.41, 5.74) is 22.4. The third-order valence-corrected chi connectivity index (χ3v) is 7.73. The first kappa shape index (κ1) is 43.0. The van der Waals surface area contributed by atoms with Crippen LogP contribution in [0.25, 0.3) is 10.9 Å². The number of aliphatic hydroxyl groups excluding tert-OH is 2. The lowest BCUT2D eigenvalue weighted by molar-refractivity contribution is -0.144. The van der Waals surface area contributed by atoms with E-state index in [1.807, 2.05) is 5.32 Å². The van der Waals surface area contributed by atoms with Gasteiger partial charge in [-0.15, -0.1) is 0 Å². The summed E-state index contributed by atoms with van der Waals surface area (Å²) in [6.07, 6.45) is -0.573. The minimum absolute atomic E-state index is 0.159. The number of hydrogen-bond donors (Lipinski definition) is 13. The van der Waals surface area contributed by atoms with Gasteiger partial charge in [-0.3, -0.25) is 38.4 Å². The maximum Gasteiger partial charge on any atom is 0.326 e. The van der Waals surface area contributed by atoms with Crippen LogP contribution in [0.15, 0.2) is 30.5 Å². The van der Waals surface area contributed by atoms with Crippen molar-refractivity contribution in [2.24, 2.45) is 22.9 Å². The number of H-pyrrole nitrogens is 1. The van der Waals surface area contributed by atoms with E-state index in [9.17, 15) is 58.5 Å².